The molecule has 1 amide bonds. The highest BCUT2D eigenvalue weighted by Gasteiger charge is 2.47. The second-order valence-electron chi connectivity index (χ2n) is 6.02. The number of amides is 1. The molecule has 18 heavy (non-hydrogen) atoms. The summed E-state index contributed by atoms with van der Waals surface area (Å²) in [6.07, 6.45) is 1.10. The van der Waals surface area contributed by atoms with Crippen LogP contribution in [0.25, 0.3) is 0 Å². The van der Waals surface area contributed by atoms with E-state index in [0.29, 0.717) is 6.54 Å². The molecule has 1 fully saturated rings. The zero-order chi connectivity index (χ0) is 14.2. The standard InChI is InChI=1S/C11H20ClNO4S/c1-10(2,3)17-9(14)13(4)7-11(5-6-11)8-18(12,15)16/h5-8H2,1-4H3. The second-order valence-corrected chi connectivity index (χ2v) is 8.80. The van der Waals surface area contributed by atoms with E-state index in [1.54, 1.807) is 27.8 Å². The van der Waals surface area contributed by atoms with E-state index in [-0.39, 0.29) is 11.2 Å². The zero-order valence-corrected chi connectivity index (χ0v) is 12.8. The van der Waals surface area contributed by atoms with Crippen LogP contribution in [0.15, 0.2) is 0 Å². The monoisotopic (exact) mass is 297 g/mol. The molecule has 1 aliphatic rings. The number of carbonyl (C=O) groups is 1. The highest BCUT2D eigenvalue weighted by molar-refractivity contribution is 8.13. The summed E-state index contributed by atoms with van der Waals surface area (Å²) in [5, 5.41) is 0. The summed E-state index contributed by atoms with van der Waals surface area (Å²) >= 11 is 0. The maximum Gasteiger partial charge on any atom is 0.410 e. The predicted octanol–water partition coefficient (Wildman–Crippen LogP) is 2.20. The Hall–Kier alpha value is -0.490. The van der Waals surface area contributed by atoms with E-state index in [0.717, 1.165) is 12.8 Å². The molecule has 1 aliphatic carbocycles. The van der Waals surface area contributed by atoms with Crippen LogP contribution in [-0.4, -0.2) is 44.4 Å². The van der Waals surface area contributed by atoms with E-state index in [2.05, 4.69) is 0 Å². The van der Waals surface area contributed by atoms with Gasteiger partial charge in [0, 0.05) is 29.7 Å². The van der Waals surface area contributed by atoms with E-state index >= 15 is 0 Å². The lowest BCUT2D eigenvalue weighted by atomic mass is 10.1. The number of hydrogen-bond acceptors (Lipinski definition) is 4. The topological polar surface area (TPSA) is 63.7 Å². The molecule has 106 valence electrons. The number of carbonyl (C=O) groups excluding carboxylic acids is 1. The quantitative estimate of drug-likeness (QED) is 0.746. The summed E-state index contributed by atoms with van der Waals surface area (Å²) in [5.74, 6) is -0.0886. The fourth-order valence-electron chi connectivity index (χ4n) is 1.80. The van der Waals surface area contributed by atoms with Gasteiger partial charge in [-0.3, -0.25) is 0 Å². The SMILES string of the molecule is CN(CC1(CS(=O)(=O)Cl)CC1)C(=O)OC(C)(C)C. The van der Waals surface area contributed by atoms with Crippen LogP contribution >= 0.6 is 10.7 Å². The van der Waals surface area contributed by atoms with Crippen LogP contribution in [0.3, 0.4) is 0 Å². The maximum atomic E-state index is 11.8. The molecule has 0 aliphatic heterocycles. The third kappa shape index (κ3) is 5.44. The second kappa shape index (κ2) is 4.89. The molecular weight excluding hydrogens is 278 g/mol. The zero-order valence-electron chi connectivity index (χ0n) is 11.2. The van der Waals surface area contributed by atoms with Crippen molar-refractivity contribution in [1.29, 1.82) is 0 Å². The predicted molar refractivity (Wildman–Crippen MR) is 70.2 cm³/mol. The van der Waals surface area contributed by atoms with Crippen LogP contribution in [0.2, 0.25) is 0 Å². The van der Waals surface area contributed by atoms with Crippen LogP contribution in [0.4, 0.5) is 4.79 Å². The van der Waals surface area contributed by atoms with Crippen LogP contribution in [0, 0.1) is 5.41 Å². The minimum atomic E-state index is -3.53. The average Bonchev–Trinajstić information content (AvgIpc) is 2.77. The Morgan fingerprint density at radius 1 is 1.39 bits per heavy atom. The van der Waals surface area contributed by atoms with Crippen LogP contribution < -0.4 is 0 Å². The van der Waals surface area contributed by atoms with Gasteiger partial charge in [-0.1, -0.05) is 0 Å². The van der Waals surface area contributed by atoms with Crippen LogP contribution in [0.1, 0.15) is 33.6 Å². The van der Waals surface area contributed by atoms with Crippen molar-refractivity contribution < 1.29 is 17.9 Å². The lowest BCUT2D eigenvalue weighted by molar-refractivity contribution is 0.0270. The van der Waals surface area contributed by atoms with Crippen molar-refractivity contribution in [3.8, 4) is 0 Å². The third-order valence-electron chi connectivity index (χ3n) is 2.71. The highest BCUT2D eigenvalue weighted by atomic mass is 35.7. The van der Waals surface area contributed by atoms with Crippen molar-refractivity contribution in [2.75, 3.05) is 19.3 Å². The van der Waals surface area contributed by atoms with Crippen molar-refractivity contribution in [2.45, 2.75) is 39.2 Å². The third-order valence-corrected chi connectivity index (χ3v) is 4.00. The van der Waals surface area contributed by atoms with Crippen LogP contribution in [0.5, 0.6) is 0 Å². The normalized spacial score (nSPS) is 18.3. The molecule has 0 unspecified atom stereocenters. The van der Waals surface area contributed by atoms with Gasteiger partial charge < -0.3 is 9.64 Å². The van der Waals surface area contributed by atoms with E-state index in [1.165, 1.54) is 4.90 Å². The average molecular weight is 298 g/mol. The summed E-state index contributed by atoms with van der Waals surface area (Å²) < 4.78 is 27.4. The lowest BCUT2D eigenvalue weighted by Crippen LogP contribution is -2.38. The van der Waals surface area contributed by atoms with E-state index in [4.69, 9.17) is 15.4 Å². The first-order chi connectivity index (χ1) is 7.93. The molecule has 0 saturated heterocycles. The Bertz CT molecular complexity index is 423. The van der Waals surface area contributed by atoms with Gasteiger partial charge in [0.1, 0.15) is 5.60 Å². The number of rotatable bonds is 4. The number of ether oxygens (including phenoxy) is 1. The van der Waals surface area contributed by atoms with E-state index in [1.807, 2.05) is 0 Å². The van der Waals surface area contributed by atoms with Crippen molar-refractivity contribution in [1.82, 2.24) is 4.90 Å². The van der Waals surface area contributed by atoms with Gasteiger partial charge in [-0.05, 0) is 33.6 Å². The molecule has 0 N–H and O–H groups in total. The van der Waals surface area contributed by atoms with Gasteiger partial charge >= 0.3 is 6.09 Å². The molecule has 5 nitrogen and oxygen atoms in total. The fourth-order valence-corrected chi connectivity index (χ4v) is 3.60. The Morgan fingerprint density at radius 3 is 2.22 bits per heavy atom. The molecule has 7 heteroatoms. The molecule has 0 aromatic heterocycles. The Morgan fingerprint density at radius 2 is 1.89 bits per heavy atom. The van der Waals surface area contributed by atoms with Crippen molar-refractivity contribution in [2.24, 2.45) is 5.41 Å². The van der Waals surface area contributed by atoms with Crippen molar-refractivity contribution in [3.05, 3.63) is 0 Å². The molecule has 0 heterocycles. The van der Waals surface area contributed by atoms with Crippen LogP contribution in [-0.2, 0) is 13.8 Å². The largest absolute Gasteiger partial charge is 0.444 e. The summed E-state index contributed by atoms with van der Waals surface area (Å²) in [5.41, 5.74) is -0.938. The number of hydrogen-bond donors (Lipinski definition) is 0. The molecule has 0 atom stereocenters. The van der Waals surface area contributed by atoms with E-state index < -0.39 is 20.7 Å². The Labute approximate surface area is 113 Å². The van der Waals surface area contributed by atoms with Gasteiger partial charge in [0.25, 0.3) is 0 Å². The maximum absolute atomic E-state index is 11.8. The number of nitrogens with zero attached hydrogens (tertiary/aromatic N) is 1. The van der Waals surface area contributed by atoms with Gasteiger partial charge in [0.2, 0.25) is 9.05 Å². The summed E-state index contributed by atoms with van der Waals surface area (Å²) in [4.78, 5) is 13.2. The molecular formula is C11H20ClNO4S. The molecule has 0 radical (unpaired) electrons. The lowest BCUT2D eigenvalue weighted by Gasteiger charge is -2.27. The van der Waals surface area contributed by atoms with Gasteiger partial charge in [-0.2, -0.15) is 0 Å². The minimum absolute atomic E-state index is 0.0886. The van der Waals surface area contributed by atoms with Gasteiger partial charge in [0.05, 0.1) is 5.75 Å². The van der Waals surface area contributed by atoms with Crippen molar-refractivity contribution >= 4 is 25.8 Å². The van der Waals surface area contributed by atoms with Gasteiger partial charge in [-0.15, -0.1) is 0 Å². The molecule has 0 aromatic carbocycles. The molecule has 0 aromatic rings. The first-order valence-electron chi connectivity index (χ1n) is 5.79. The summed E-state index contributed by atoms with van der Waals surface area (Å²) in [6.45, 7) is 5.71. The van der Waals surface area contributed by atoms with Gasteiger partial charge in [0.15, 0.2) is 0 Å². The van der Waals surface area contributed by atoms with Crippen molar-refractivity contribution in [3.63, 3.8) is 0 Å². The molecule has 1 rings (SSSR count). The Kier molecular flexibility index (Phi) is 4.23. The van der Waals surface area contributed by atoms with Gasteiger partial charge in [-0.25, -0.2) is 13.2 Å². The molecule has 0 spiro atoms. The summed E-state index contributed by atoms with van der Waals surface area (Å²) in [7, 11) is 3.34. The van der Waals surface area contributed by atoms with E-state index in [9.17, 15) is 13.2 Å². The Balaban J connectivity index is 2.55. The first-order valence-corrected chi connectivity index (χ1v) is 8.27. The fraction of sp³-hybridized carbons (Fsp3) is 0.909. The molecule has 0 bridgehead atoms. The highest BCUT2D eigenvalue weighted by Crippen LogP contribution is 2.47. The number of halogens is 1. The first kappa shape index (κ1) is 15.6. The molecule has 1 saturated carbocycles. The smallest absolute Gasteiger partial charge is 0.410 e. The summed E-state index contributed by atoms with van der Waals surface area (Å²) in [6, 6.07) is 0. The minimum Gasteiger partial charge on any atom is -0.444 e.